The van der Waals surface area contributed by atoms with Crippen LogP contribution in [0.15, 0.2) is 79.5 Å². The molecule has 0 fully saturated rings. The van der Waals surface area contributed by atoms with Crippen LogP contribution in [0.3, 0.4) is 0 Å². The predicted octanol–water partition coefficient (Wildman–Crippen LogP) is 1.16. The molecule has 0 bridgehead atoms. The quantitative estimate of drug-likeness (QED) is 0.172. The molecule has 0 aromatic heterocycles. The second kappa shape index (κ2) is 11.9. The summed E-state index contributed by atoms with van der Waals surface area (Å²) >= 11 is 0. The maximum absolute atomic E-state index is 12.9. The second-order valence-electron chi connectivity index (χ2n) is 9.04. The number of rotatable bonds is 10. The highest BCUT2D eigenvalue weighted by Gasteiger charge is 2.27. The molecule has 0 atom stereocenters. The van der Waals surface area contributed by atoms with Crippen LogP contribution in [0.4, 0.5) is 11.4 Å². The summed E-state index contributed by atoms with van der Waals surface area (Å²) in [6, 6.07) is 10.7. The van der Waals surface area contributed by atoms with Crippen LogP contribution >= 0.6 is 0 Å². The van der Waals surface area contributed by atoms with Crippen LogP contribution in [0.1, 0.15) is 6.92 Å². The molecular formula is C23H22N4O13S4. The number of Topliss-reactive ketones (excluding diaryl/α,β-unsaturated/α-hetero) is 1. The van der Waals surface area contributed by atoms with E-state index in [9.17, 15) is 47.6 Å². The van der Waals surface area contributed by atoms with Crippen LogP contribution in [0.5, 0.6) is 0 Å². The summed E-state index contributed by atoms with van der Waals surface area (Å²) in [6.45, 7) is 0.244. The molecule has 4 N–H and O–H groups in total. The van der Waals surface area contributed by atoms with E-state index in [1.807, 2.05) is 0 Å². The molecule has 0 amide bonds. The van der Waals surface area contributed by atoms with E-state index in [1.54, 1.807) is 0 Å². The number of nitrogens with zero attached hydrogens (tertiary/aromatic N) is 3. The number of carbonyl (C=O) groups excluding carboxylic acids is 1. The van der Waals surface area contributed by atoms with Crippen LogP contribution in [-0.2, 0) is 49.5 Å². The molecular weight excluding hydrogens is 669 g/mol. The summed E-state index contributed by atoms with van der Waals surface area (Å²) in [5.41, 5.74) is 2.23. The van der Waals surface area contributed by atoms with E-state index in [0.29, 0.717) is 5.69 Å². The van der Waals surface area contributed by atoms with Crippen molar-refractivity contribution < 1.29 is 56.3 Å². The van der Waals surface area contributed by atoms with Crippen molar-refractivity contribution in [2.24, 2.45) is 10.2 Å². The molecule has 0 saturated heterocycles. The zero-order valence-electron chi connectivity index (χ0n) is 22.2. The molecule has 0 radical (unpaired) electrons. The second-order valence-corrected chi connectivity index (χ2v) is 15.0. The Labute approximate surface area is 251 Å². The first kappa shape index (κ1) is 33.1. The van der Waals surface area contributed by atoms with Crippen molar-refractivity contribution >= 4 is 79.8 Å². The summed E-state index contributed by atoms with van der Waals surface area (Å²) in [4.78, 5) is 11.4. The lowest BCUT2D eigenvalue weighted by atomic mass is 10.1. The highest BCUT2D eigenvalue weighted by atomic mass is 32.3. The van der Waals surface area contributed by atoms with E-state index in [2.05, 4.69) is 19.8 Å². The third kappa shape index (κ3) is 7.44. The van der Waals surface area contributed by atoms with Crippen LogP contribution in [-0.4, -0.2) is 83.4 Å². The monoisotopic (exact) mass is 690 g/mol. The van der Waals surface area contributed by atoms with Crippen LogP contribution in [0, 0.1) is 0 Å². The lowest BCUT2D eigenvalue weighted by Gasteiger charge is -2.24. The highest BCUT2D eigenvalue weighted by molar-refractivity contribution is 7.91. The third-order valence-electron chi connectivity index (χ3n) is 6.05. The molecule has 3 aromatic rings. The number of sulfone groups is 1. The lowest BCUT2D eigenvalue weighted by molar-refractivity contribution is -0.111. The van der Waals surface area contributed by atoms with Gasteiger partial charge in [0, 0.05) is 10.8 Å². The summed E-state index contributed by atoms with van der Waals surface area (Å²) in [6.07, 6.45) is 0. The highest BCUT2D eigenvalue weighted by Crippen LogP contribution is 2.34. The Morgan fingerprint density at radius 2 is 1.55 bits per heavy atom. The van der Waals surface area contributed by atoms with E-state index >= 15 is 0 Å². The van der Waals surface area contributed by atoms with E-state index in [-0.39, 0.29) is 39.3 Å². The molecule has 17 nitrogen and oxygen atoms in total. The average molecular weight is 691 g/mol. The van der Waals surface area contributed by atoms with Gasteiger partial charge in [-0.25, -0.2) is 12.6 Å². The van der Waals surface area contributed by atoms with E-state index in [4.69, 9.17) is 4.55 Å². The fraction of sp³-hybridized carbons (Fsp3) is 0.174. The van der Waals surface area contributed by atoms with Gasteiger partial charge < -0.3 is 0 Å². The van der Waals surface area contributed by atoms with Crippen LogP contribution in [0.2, 0.25) is 0 Å². The molecule has 1 heterocycles. The normalized spacial score (nSPS) is 15.9. The van der Waals surface area contributed by atoms with Crippen LogP contribution in [0.25, 0.3) is 10.8 Å². The fourth-order valence-electron chi connectivity index (χ4n) is 4.17. The Balaban J connectivity index is 1.60. The number of nitrogens with one attached hydrogen (secondary N) is 1. The number of carbonyl (C=O) groups is 1. The van der Waals surface area contributed by atoms with Crippen molar-refractivity contribution in [1.29, 1.82) is 0 Å². The molecule has 21 heteroatoms. The molecule has 236 valence electrons. The average Bonchev–Trinajstić information content (AvgIpc) is 2.90. The van der Waals surface area contributed by atoms with Gasteiger partial charge in [0.25, 0.3) is 20.2 Å². The number of hydrogen-bond acceptors (Lipinski definition) is 14. The summed E-state index contributed by atoms with van der Waals surface area (Å²) < 4.78 is 126. The lowest BCUT2D eigenvalue weighted by Crippen LogP contribution is -2.40. The Morgan fingerprint density at radius 3 is 2.11 bits per heavy atom. The minimum Gasteiger partial charge on any atom is -0.290 e. The molecule has 0 spiro atoms. The third-order valence-corrected chi connectivity index (χ3v) is 10.1. The molecule has 1 aliphatic rings. The van der Waals surface area contributed by atoms with Crippen molar-refractivity contribution in [1.82, 2.24) is 0 Å². The SMILES string of the molecule is CC1=NN(c2ccc(S(=O)(=O)CCOS(=O)(=O)O)cc2)CC(=O)C1=NNc1ccc2c(S(=O)(=O)O)cccc2c1S(=O)(=O)O. The number of fused-ring (bicyclic) bond motifs is 1. The number of hydrogen-bond donors (Lipinski definition) is 4. The van der Waals surface area contributed by atoms with Gasteiger partial charge in [-0.3, -0.25) is 28.9 Å². The summed E-state index contributed by atoms with van der Waals surface area (Å²) in [5.74, 6) is -1.33. The first-order valence-corrected chi connectivity index (χ1v) is 17.8. The van der Waals surface area contributed by atoms with E-state index in [0.717, 1.165) is 18.2 Å². The minimum atomic E-state index is -4.99. The van der Waals surface area contributed by atoms with Crippen molar-refractivity contribution in [3.63, 3.8) is 0 Å². The van der Waals surface area contributed by atoms with Gasteiger partial charge in [-0.1, -0.05) is 18.2 Å². The largest absolute Gasteiger partial charge is 0.397 e. The van der Waals surface area contributed by atoms with Gasteiger partial charge in [0.1, 0.15) is 16.3 Å². The number of hydrazone groups is 2. The van der Waals surface area contributed by atoms with Gasteiger partial charge >= 0.3 is 10.4 Å². The zero-order chi connectivity index (χ0) is 32.7. The first-order chi connectivity index (χ1) is 20.3. The topological polar surface area (TPSA) is 264 Å². The molecule has 3 aromatic carbocycles. The standard InChI is InChI=1S/C23H22N4O13S4/c1-14-22(25-24-19-10-9-17-18(23(19)43(34,35)36)3-2-4-21(17)42(31,32)33)20(28)13-27(26-14)15-5-7-16(8-6-15)41(29,30)12-11-40-44(37,38)39/h2-10,24H,11-13H2,1H3,(H,31,32,33)(H,34,35,36)(H,37,38,39). The number of benzene rings is 3. The van der Waals surface area contributed by atoms with Gasteiger partial charge in [0.05, 0.1) is 34.3 Å². The predicted molar refractivity (Wildman–Crippen MR) is 156 cm³/mol. The van der Waals surface area contributed by atoms with Crippen LogP contribution < -0.4 is 10.4 Å². The van der Waals surface area contributed by atoms with Gasteiger partial charge in [-0.2, -0.15) is 35.5 Å². The molecule has 0 unspecified atom stereocenters. The smallest absolute Gasteiger partial charge is 0.290 e. The Kier molecular flexibility index (Phi) is 8.97. The number of anilines is 2. The molecule has 1 aliphatic heterocycles. The molecule has 44 heavy (non-hydrogen) atoms. The fourth-order valence-corrected chi connectivity index (χ4v) is 7.21. The zero-order valence-corrected chi connectivity index (χ0v) is 25.5. The summed E-state index contributed by atoms with van der Waals surface area (Å²) in [7, 11) is -18.5. The van der Waals surface area contributed by atoms with Gasteiger partial charge in [0.2, 0.25) is 5.78 Å². The van der Waals surface area contributed by atoms with Crippen molar-refractivity contribution in [2.75, 3.05) is 29.3 Å². The van der Waals surface area contributed by atoms with Crippen molar-refractivity contribution in [3.05, 3.63) is 54.6 Å². The summed E-state index contributed by atoms with van der Waals surface area (Å²) in [5, 5.41) is 9.00. The van der Waals surface area contributed by atoms with Gasteiger partial charge in [-0.05, 0) is 43.3 Å². The Bertz CT molecular complexity index is 2160. The molecule has 0 aliphatic carbocycles. The van der Waals surface area contributed by atoms with E-state index in [1.165, 1.54) is 48.3 Å². The van der Waals surface area contributed by atoms with Crippen molar-refractivity contribution in [2.45, 2.75) is 21.6 Å². The molecule has 4 rings (SSSR count). The Hall–Kier alpha value is -3.83. The first-order valence-electron chi connectivity index (χ1n) is 11.9. The van der Waals surface area contributed by atoms with Gasteiger partial charge in [0.15, 0.2) is 15.5 Å². The maximum atomic E-state index is 12.9. The number of ketones is 1. The Morgan fingerprint density at radius 1 is 0.886 bits per heavy atom. The van der Waals surface area contributed by atoms with E-state index < -0.39 is 68.4 Å². The van der Waals surface area contributed by atoms with Gasteiger partial charge in [-0.15, -0.1) is 0 Å². The minimum absolute atomic E-state index is 0.0654. The maximum Gasteiger partial charge on any atom is 0.397 e. The molecule has 0 saturated carbocycles. The van der Waals surface area contributed by atoms with Crippen molar-refractivity contribution in [3.8, 4) is 0 Å².